The average molecular weight is 579 g/mol. The fourth-order valence-corrected chi connectivity index (χ4v) is 5.92. The summed E-state index contributed by atoms with van der Waals surface area (Å²) in [6, 6.07) is 17.3. The van der Waals surface area contributed by atoms with Crippen LogP contribution in [0.4, 0.5) is 24.5 Å². The minimum atomic E-state index is -4.39. The molecule has 9 heteroatoms. The first-order valence-corrected chi connectivity index (χ1v) is 14.5. The van der Waals surface area contributed by atoms with Crippen LogP contribution in [0.25, 0.3) is 6.08 Å². The summed E-state index contributed by atoms with van der Waals surface area (Å²) >= 11 is 0. The molecule has 1 aromatic heterocycles. The Morgan fingerprint density at radius 1 is 1.00 bits per heavy atom. The number of hydrogen-bond donors (Lipinski definition) is 1. The van der Waals surface area contributed by atoms with Crippen molar-refractivity contribution >= 4 is 23.4 Å². The number of piperidine rings is 1. The van der Waals surface area contributed by atoms with Crippen LogP contribution in [0.2, 0.25) is 0 Å². The first-order valence-electron chi connectivity index (χ1n) is 14.5. The van der Waals surface area contributed by atoms with Crippen LogP contribution in [0, 0.1) is 0 Å². The molecule has 222 valence electrons. The molecule has 1 aliphatic carbocycles. The number of nitrogens with one attached hydrogen (secondary N) is 1. The highest BCUT2D eigenvalue weighted by Gasteiger charge is 2.32. The van der Waals surface area contributed by atoms with E-state index in [-0.39, 0.29) is 11.9 Å². The van der Waals surface area contributed by atoms with Gasteiger partial charge in [0.1, 0.15) is 0 Å². The number of ether oxygens (including phenoxy) is 1. The summed E-state index contributed by atoms with van der Waals surface area (Å²) in [4.78, 5) is 22.2. The lowest BCUT2D eigenvalue weighted by molar-refractivity contribution is -0.137. The van der Waals surface area contributed by atoms with E-state index in [1.54, 1.807) is 19.4 Å². The second-order valence-corrected chi connectivity index (χ2v) is 11.0. The Morgan fingerprint density at radius 2 is 1.69 bits per heavy atom. The van der Waals surface area contributed by atoms with Crippen molar-refractivity contribution in [3.05, 3.63) is 89.6 Å². The van der Waals surface area contributed by atoms with Gasteiger partial charge in [-0.15, -0.1) is 0 Å². The highest BCUT2D eigenvalue weighted by molar-refractivity contribution is 5.92. The normalized spacial score (nSPS) is 17.0. The molecule has 42 heavy (non-hydrogen) atoms. The van der Waals surface area contributed by atoms with E-state index >= 15 is 0 Å². The molecule has 1 aliphatic heterocycles. The second kappa shape index (κ2) is 13.4. The number of aromatic nitrogens is 1. The number of methoxy groups -OCH3 is 1. The van der Waals surface area contributed by atoms with Gasteiger partial charge in [-0.25, -0.2) is 4.98 Å². The molecule has 2 aliphatic rings. The molecule has 3 aromatic rings. The number of halogens is 3. The van der Waals surface area contributed by atoms with Gasteiger partial charge in [-0.1, -0.05) is 37.1 Å². The van der Waals surface area contributed by atoms with E-state index in [2.05, 4.69) is 15.2 Å². The van der Waals surface area contributed by atoms with Crippen molar-refractivity contribution in [1.82, 2.24) is 14.8 Å². The number of pyridine rings is 1. The maximum Gasteiger partial charge on any atom is 0.416 e. The van der Waals surface area contributed by atoms with Gasteiger partial charge in [0.25, 0.3) is 0 Å². The Balaban J connectivity index is 1.28. The van der Waals surface area contributed by atoms with E-state index in [0.29, 0.717) is 24.0 Å². The standard InChI is InChI=1S/C33H37F3N4O2/c1-42-31-22-28(16-19-37-31)38-27-13-8-25(9-14-27)23-40(30-17-20-39(21-18-30)29-4-2-3-5-29)32(41)15-10-24-6-11-26(12-7-24)33(34,35)36/h6-16,19,22,29-30H,2-5,17-18,20-21,23H2,1H3,(H,37,38). The first kappa shape index (κ1) is 29.6. The first-order chi connectivity index (χ1) is 20.3. The molecule has 0 unspecified atom stereocenters. The van der Waals surface area contributed by atoms with Crippen molar-refractivity contribution in [1.29, 1.82) is 0 Å². The zero-order chi connectivity index (χ0) is 29.5. The summed E-state index contributed by atoms with van der Waals surface area (Å²) in [7, 11) is 1.57. The summed E-state index contributed by atoms with van der Waals surface area (Å²) < 4.78 is 44.0. The van der Waals surface area contributed by atoms with Crippen molar-refractivity contribution in [2.75, 3.05) is 25.5 Å². The third kappa shape index (κ3) is 7.70. The molecule has 1 N–H and O–H groups in total. The van der Waals surface area contributed by atoms with Crippen molar-refractivity contribution in [3.8, 4) is 5.88 Å². The number of carbonyl (C=O) groups excluding carboxylic acids is 1. The van der Waals surface area contributed by atoms with Crippen molar-refractivity contribution < 1.29 is 22.7 Å². The third-order valence-electron chi connectivity index (χ3n) is 8.26. The number of rotatable bonds is 9. The van der Waals surface area contributed by atoms with Gasteiger partial charge in [0.2, 0.25) is 11.8 Å². The van der Waals surface area contributed by atoms with Gasteiger partial charge in [-0.05, 0) is 73.2 Å². The molecule has 0 bridgehead atoms. The Labute approximate surface area is 245 Å². The number of anilines is 2. The molecular weight excluding hydrogens is 541 g/mol. The molecule has 0 spiro atoms. The predicted molar refractivity (Wildman–Crippen MR) is 158 cm³/mol. The molecule has 2 fully saturated rings. The van der Waals surface area contributed by atoms with Crippen LogP contribution in [0.3, 0.4) is 0 Å². The Morgan fingerprint density at radius 3 is 2.33 bits per heavy atom. The number of benzene rings is 2. The van der Waals surface area contributed by atoms with E-state index in [9.17, 15) is 18.0 Å². The molecule has 1 saturated carbocycles. The van der Waals surface area contributed by atoms with Crippen LogP contribution < -0.4 is 10.1 Å². The fourth-order valence-electron chi connectivity index (χ4n) is 5.92. The smallest absolute Gasteiger partial charge is 0.416 e. The van der Waals surface area contributed by atoms with Crippen LogP contribution in [0.5, 0.6) is 5.88 Å². The van der Waals surface area contributed by atoms with Crippen LogP contribution in [-0.2, 0) is 17.5 Å². The third-order valence-corrected chi connectivity index (χ3v) is 8.26. The lowest BCUT2D eigenvalue weighted by atomic mass is 9.99. The molecule has 6 nitrogen and oxygen atoms in total. The second-order valence-electron chi connectivity index (χ2n) is 11.0. The number of likely N-dealkylation sites (tertiary alicyclic amines) is 1. The molecule has 0 atom stereocenters. The van der Waals surface area contributed by atoms with Crippen molar-refractivity contribution in [3.63, 3.8) is 0 Å². The zero-order valence-electron chi connectivity index (χ0n) is 23.8. The lowest BCUT2D eigenvalue weighted by Gasteiger charge is -2.40. The average Bonchev–Trinajstić information content (AvgIpc) is 3.55. The fraction of sp³-hybridized carbons (Fsp3) is 0.394. The summed E-state index contributed by atoms with van der Waals surface area (Å²) in [6.07, 6.45) is 7.28. The number of nitrogens with zero attached hydrogens (tertiary/aromatic N) is 3. The van der Waals surface area contributed by atoms with E-state index in [0.717, 1.165) is 55.0 Å². The van der Waals surface area contributed by atoms with Crippen molar-refractivity contribution in [2.45, 2.75) is 63.3 Å². The quantitative estimate of drug-likeness (QED) is 0.270. The Bertz CT molecular complexity index is 1340. The molecular formula is C33H37F3N4O2. The molecule has 1 amide bonds. The monoisotopic (exact) mass is 578 g/mol. The molecule has 1 saturated heterocycles. The summed E-state index contributed by atoms with van der Waals surface area (Å²) in [5, 5.41) is 3.34. The minimum Gasteiger partial charge on any atom is -0.481 e. The van der Waals surface area contributed by atoms with Gasteiger partial charge in [0.05, 0.1) is 12.7 Å². The SMILES string of the molecule is COc1cc(Nc2ccc(CN(C(=O)C=Cc3ccc(C(F)(F)F)cc3)C3CCN(C4CCCC4)CC3)cc2)ccn1. The maximum absolute atomic E-state index is 13.6. The molecule has 0 radical (unpaired) electrons. The van der Waals surface area contributed by atoms with Crippen LogP contribution in [0.1, 0.15) is 55.2 Å². The van der Waals surface area contributed by atoms with Gasteiger partial charge >= 0.3 is 6.18 Å². The molecule has 2 aromatic carbocycles. The largest absolute Gasteiger partial charge is 0.481 e. The summed E-state index contributed by atoms with van der Waals surface area (Å²) in [5.41, 5.74) is 2.60. The Kier molecular flexibility index (Phi) is 9.47. The van der Waals surface area contributed by atoms with E-state index in [1.165, 1.54) is 43.9 Å². The summed E-state index contributed by atoms with van der Waals surface area (Å²) in [6.45, 7) is 2.40. The van der Waals surface area contributed by atoms with Crippen molar-refractivity contribution in [2.24, 2.45) is 0 Å². The predicted octanol–water partition coefficient (Wildman–Crippen LogP) is 7.30. The maximum atomic E-state index is 13.6. The number of carbonyl (C=O) groups is 1. The summed E-state index contributed by atoms with van der Waals surface area (Å²) in [5.74, 6) is 0.384. The van der Waals surface area contributed by atoms with Gasteiger partial charge < -0.3 is 19.9 Å². The topological polar surface area (TPSA) is 57.7 Å². The zero-order valence-corrected chi connectivity index (χ0v) is 23.8. The lowest BCUT2D eigenvalue weighted by Crippen LogP contribution is -2.48. The Hall–Kier alpha value is -3.85. The van der Waals surface area contributed by atoms with Gasteiger partial charge in [0.15, 0.2) is 0 Å². The van der Waals surface area contributed by atoms with E-state index < -0.39 is 11.7 Å². The highest BCUT2D eigenvalue weighted by atomic mass is 19.4. The van der Waals surface area contributed by atoms with Gasteiger partial charge in [-0.3, -0.25) is 4.79 Å². The van der Waals surface area contributed by atoms with Crippen LogP contribution in [-0.4, -0.2) is 53.0 Å². The van der Waals surface area contributed by atoms with Gasteiger partial charge in [0, 0.05) is 61.4 Å². The molecule has 5 rings (SSSR count). The van der Waals surface area contributed by atoms with E-state index in [4.69, 9.17) is 4.74 Å². The molecule has 2 heterocycles. The van der Waals surface area contributed by atoms with Crippen LogP contribution in [0.15, 0.2) is 72.9 Å². The number of amides is 1. The highest BCUT2D eigenvalue weighted by Crippen LogP contribution is 2.30. The number of alkyl halides is 3. The van der Waals surface area contributed by atoms with Crippen LogP contribution >= 0.6 is 0 Å². The van der Waals surface area contributed by atoms with Gasteiger partial charge in [-0.2, -0.15) is 13.2 Å². The minimum absolute atomic E-state index is 0.0921. The number of hydrogen-bond acceptors (Lipinski definition) is 5. The van der Waals surface area contributed by atoms with E-state index in [1.807, 2.05) is 41.3 Å².